The molecule has 0 saturated heterocycles. The summed E-state index contributed by atoms with van der Waals surface area (Å²) in [4.78, 5) is 21.6. The van der Waals surface area contributed by atoms with Crippen LogP contribution in [-0.2, 0) is 14.9 Å². The standard InChI is InChI=1S/C26H29N3O5S/c1-3-29(4-2)18-15-22-26(24(16-18)35(31,32)33)28-25-20-12-8-7-11-19(20)21(17-23(25)34-22)27-13-9-5-6-10-14-30/h7-8,11-12,14-17H,3-6,9-10,13H2,1-2H3,(H,31,32,33). The number of hydrogen-bond donors (Lipinski definition) is 1. The number of carbonyl (C=O) groups is 1. The Labute approximate surface area is 204 Å². The number of carbonyl (C=O) groups excluding carboxylic acids is 1. The lowest BCUT2D eigenvalue weighted by Crippen LogP contribution is -2.22. The summed E-state index contributed by atoms with van der Waals surface area (Å²) in [6.07, 6.45) is 4.16. The van der Waals surface area contributed by atoms with Crippen LogP contribution in [0.1, 0.15) is 39.5 Å². The Balaban J connectivity index is 1.94. The van der Waals surface area contributed by atoms with Gasteiger partial charge in [-0.2, -0.15) is 8.42 Å². The van der Waals surface area contributed by atoms with Crippen LogP contribution in [0.15, 0.2) is 56.8 Å². The number of aldehydes is 1. The van der Waals surface area contributed by atoms with Gasteiger partial charge >= 0.3 is 0 Å². The number of anilines is 1. The van der Waals surface area contributed by atoms with Crippen LogP contribution >= 0.6 is 0 Å². The molecule has 0 atom stereocenters. The van der Waals surface area contributed by atoms with E-state index in [-0.39, 0.29) is 16.0 Å². The number of unbranched alkanes of at least 4 members (excludes halogenated alkanes) is 3. The number of hydrogen-bond acceptors (Lipinski definition) is 7. The molecule has 2 aromatic rings. The Morgan fingerprint density at radius 2 is 1.80 bits per heavy atom. The third-order valence-corrected chi connectivity index (χ3v) is 6.96. The lowest BCUT2D eigenvalue weighted by Gasteiger charge is -2.22. The zero-order valence-corrected chi connectivity index (χ0v) is 20.7. The van der Waals surface area contributed by atoms with Gasteiger partial charge in [0.15, 0.2) is 11.3 Å². The van der Waals surface area contributed by atoms with E-state index in [1.807, 2.05) is 49.1 Å². The van der Waals surface area contributed by atoms with E-state index >= 15 is 0 Å². The van der Waals surface area contributed by atoms with Crippen LogP contribution in [0, 0.1) is 0 Å². The van der Waals surface area contributed by atoms with Crippen molar-refractivity contribution >= 4 is 44.0 Å². The zero-order chi connectivity index (χ0) is 25.0. The van der Waals surface area contributed by atoms with Gasteiger partial charge in [-0.15, -0.1) is 0 Å². The Bertz CT molecular complexity index is 1510. The molecular weight excluding hydrogens is 466 g/mol. The highest BCUT2D eigenvalue weighted by atomic mass is 32.2. The SMILES string of the molecule is CCN(CC)c1cc(S(=O)(=O)O)c2nc3c4ccccc4c(=NCCCCCC=O)cc-3oc2c1. The molecule has 0 aromatic heterocycles. The van der Waals surface area contributed by atoms with Gasteiger partial charge in [-0.25, -0.2) is 4.98 Å². The number of rotatable bonds is 10. The van der Waals surface area contributed by atoms with Crippen LogP contribution in [0.25, 0.3) is 33.3 Å². The molecular formula is C26H29N3O5S. The lowest BCUT2D eigenvalue weighted by atomic mass is 10.0. The molecule has 1 aliphatic heterocycles. The Morgan fingerprint density at radius 3 is 2.49 bits per heavy atom. The first kappa shape index (κ1) is 24.8. The summed E-state index contributed by atoms with van der Waals surface area (Å²) in [5.41, 5.74) is 1.48. The van der Waals surface area contributed by atoms with Crippen LogP contribution in [0.4, 0.5) is 5.69 Å². The van der Waals surface area contributed by atoms with Gasteiger partial charge < -0.3 is 14.1 Å². The quantitative estimate of drug-likeness (QED) is 0.110. The molecule has 0 bridgehead atoms. The van der Waals surface area contributed by atoms with Crippen molar-refractivity contribution in [2.45, 2.75) is 44.4 Å². The topological polar surface area (TPSA) is 113 Å². The molecule has 8 nitrogen and oxygen atoms in total. The minimum Gasteiger partial charge on any atom is -0.453 e. The summed E-state index contributed by atoms with van der Waals surface area (Å²) < 4.78 is 40.8. The van der Waals surface area contributed by atoms with Crippen LogP contribution in [-0.4, -0.2) is 43.9 Å². The van der Waals surface area contributed by atoms with Crippen LogP contribution < -0.4 is 10.3 Å². The van der Waals surface area contributed by atoms with Gasteiger partial charge in [0.2, 0.25) is 0 Å². The van der Waals surface area contributed by atoms with Crippen LogP contribution in [0.5, 0.6) is 0 Å². The zero-order valence-electron chi connectivity index (χ0n) is 19.9. The van der Waals surface area contributed by atoms with Crippen molar-refractivity contribution in [3.8, 4) is 11.5 Å². The van der Waals surface area contributed by atoms with Crippen molar-refractivity contribution in [3.63, 3.8) is 0 Å². The van der Waals surface area contributed by atoms with Crippen molar-refractivity contribution in [1.82, 2.24) is 4.98 Å². The predicted molar refractivity (Wildman–Crippen MR) is 136 cm³/mol. The van der Waals surface area contributed by atoms with Crippen LogP contribution in [0.2, 0.25) is 0 Å². The third-order valence-electron chi connectivity index (χ3n) is 6.10. The van der Waals surface area contributed by atoms with Crippen LogP contribution in [0.3, 0.4) is 0 Å². The second-order valence-corrected chi connectivity index (χ2v) is 9.73. The molecule has 1 N–H and O–H groups in total. The Hall–Kier alpha value is -3.30. The highest BCUT2D eigenvalue weighted by molar-refractivity contribution is 7.86. The van der Waals surface area contributed by atoms with Crippen molar-refractivity contribution in [2.24, 2.45) is 4.99 Å². The summed E-state index contributed by atoms with van der Waals surface area (Å²) >= 11 is 0. The molecule has 4 rings (SSSR count). The highest BCUT2D eigenvalue weighted by Gasteiger charge is 2.23. The second kappa shape index (κ2) is 10.5. The largest absolute Gasteiger partial charge is 0.453 e. The molecule has 184 valence electrons. The number of fused-ring (bicyclic) bond motifs is 4. The summed E-state index contributed by atoms with van der Waals surface area (Å²) in [7, 11) is -4.54. The molecule has 0 amide bonds. The Morgan fingerprint density at radius 1 is 1.06 bits per heavy atom. The first-order valence-electron chi connectivity index (χ1n) is 11.8. The average molecular weight is 496 g/mol. The number of benzene rings is 3. The van der Waals surface area contributed by atoms with E-state index in [0.29, 0.717) is 43.2 Å². The van der Waals surface area contributed by atoms with Crippen molar-refractivity contribution < 1.29 is 22.2 Å². The number of aromatic nitrogens is 1. The molecule has 0 unspecified atom stereocenters. The van der Waals surface area contributed by atoms with Crippen molar-refractivity contribution in [1.29, 1.82) is 0 Å². The van der Waals surface area contributed by atoms with E-state index in [2.05, 4.69) is 4.98 Å². The van der Waals surface area contributed by atoms with Crippen molar-refractivity contribution in [2.75, 3.05) is 24.5 Å². The summed E-state index contributed by atoms with van der Waals surface area (Å²) in [6.45, 7) is 5.88. The summed E-state index contributed by atoms with van der Waals surface area (Å²) in [5.74, 6) is 0.480. The van der Waals surface area contributed by atoms with E-state index in [4.69, 9.17) is 9.41 Å². The van der Waals surface area contributed by atoms with Gasteiger partial charge in [0.05, 0.1) is 5.36 Å². The lowest BCUT2D eigenvalue weighted by molar-refractivity contribution is -0.107. The maximum absolute atomic E-state index is 12.3. The van der Waals surface area contributed by atoms with Gasteiger partial charge in [0.1, 0.15) is 22.4 Å². The molecule has 0 radical (unpaired) electrons. The van der Waals surface area contributed by atoms with Gasteiger partial charge in [0, 0.05) is 54.6 Å². The van der Waals surface area contributed by atoms with Gasteiger partial charge in [-0.3, -0.25) is 9.55 Å². The third kappa shape index (κ3) is 5.21. The average Bonchev–Trinajstić information content (AvgIpc) is 2.84. The highest BCUT2D eigenvalue weighted by Crippen LogP contribution is 2.35. The first-order chi connectivity index (χ1) is 16.9. The second-order valence-electron chi connectivity index (χ2n) is 8.34. The van der Waals surface area contributed by atoms with E-state index in [1.165, 1.54) is 6.07 Å². The normalized spacial score (nSPS) is 12.6. The molecule has 0 spiro atoms. The van der Waals surface area contributed by atoms with E-state index in [0.717, 1.165) is 41.7 Å². The monoisotopic (exact) mass is 495 g/mol. The summed E-state index contributed by atoms with van der Waals surface area (Å²) in [6, 6.07) is 12.6. The van der Waals surface area contributed by atoms with E-state index in [9.17, 15) is 17.8 Å². The molecule has 35 heavy (non-hydrogen) atoms. The molecule has 2 aromatic carbocycles. The molecule has 2 aliphatic rings. The smallest absolute Gasteiger partial charge is 0.296 e. The fourth-order valence-corrected chi connectivity index (χ4v) is 4.97. The predicted octanol–water partition coefficient (Wildman–Crippen LogP) is 4.84. The molecule has 1 heterocycles. The van der Waals surface area contributed by atoms with Gasteiger partial charge in [-0.05, 0) is 32.8 Å². The van der Waals surface area contributed by atoms with Gasteiger partial charge in [0.25, 0.3) is 10.1 Å². The molecule has 9 heteroatoms. The first-order valence-corrected chi connectivity index (χ1v) is 13.3. The summed E-state index contributed by atoms with van der Waals surface area (Å²) in [5, 5.41) is 2.43. The fourth-order valence-electron chi connectivity index (χ4n) is 4.31. The van der Waals surface area contributed by atoms with E-state index < -0.39 is 10.1 Å². The van der Waals surface area contributed by atoms with Crippen molar-refractivity contribution in [3.05, 3.63) is 47.8 Å². The minimum atomic E-state index is -4.54. The fraction of sp³-hybridized carbons (Fsp3) is 0.346. The molecule has 1 aliphatic carbocycles. The minimum absolute atomic E-state index is 0.0842. The number of nitrogens with zero attached hydrogens (tertiary/aromatic N) is 3. The maximum atomic E-state index is 12.3. The maximum Gasteiger partial charge on any atom is 0.296 e. The molecule has 0 fully saturated rings. The van der Waals surface area contributed by atoms with Gasteiger partial charge in [-0.1, -0.05) is 30.7 Å². The Kier molecular flexibility index (Phi) is 7.47. The van der Waals surface area contributed by atoms with E-state index in [1.54, 1.807) is 6.07 Å². The molecule has 0 saturated carbocycles.